The van der Waals surface area contributed by atoms with E-state index in [2.05, 4.69) is 31.9 Å². The number of ether oxygens (including phenoxy) is 2. The Morgan fingerprint density at radius 2 is 0.750 bits per heavy atom. The van der Waals surface area contributed by atoms with Crippen LogP contribution in [-0.4, -0.2) is 56.4 Å². The van der Waals surface area contributed by atoms with Gasteiger partial charge in [0.15, 0.2) is 0 Å². The van der Waals surface area contributed by atoms with Gasteiger partial charge in [0.25, 0.3) is 0 Å². The van der Waals surface area contributed by atoms with Crippen LogP contribution in [0.3, 0.4) is 0 Å². The van der Waals surface area contributed by atoms with Gasteiger partial charge in [0.2, 0.25) is 0 Å². The Morgan fingerprint density at radius 3 is 1.00 bits per heavy atom. The number of carbonyl (C=O) groups excluding carboxylic acids is 2. The number of aliphatic hydroxyl groups excluding tert-OH is 2. The van der Waals surface area contributed by atoms with Gasteiger partial charge in [-0.3, -0.25) is 0 Å². The second-order valence-corrected chi connectivity index (χ2v) is 19.2. The van der Waals surface area contributed by atoms with Crippen LogP contribution in [0.5, 0.6) is 0 Å². The zero-order chi connectivity index (χ0) is 47.7. The highest BCUT2D eigenvalue weighted by Crippen LogP contribution is 2.36. The van der Waals surface area contributed by atoms with Crippen molar-refractivity contribution in [3.8, 4) is 0 Å². The van der Waals surface area contributed by atoms with Gasteiger partial charge in [-0.2, -0.15) is 0 Å². The highest BCUT2D eigenvalue weighted by atomic mass is 79.9. The van der Waals surface area contributed by atoms with E-state index in [4.69, 9.17) is 9.47 Å². The maximum absolute atomic E-state index is 13.0. The Kier molecular flexibility index (Phi) is 22.0. The van der Waals surface area contributed by atoms with Crippen molar-refractivity contribution < 1.29 is 29.3 Å². The van der Waals surface area contributed by atoms with Gasteiger partial charge in [-0.05, 0) is 154 Å². The predicted octanol–water partition coefficient (Wildman–Crippen LogP) is 14.7. The molecule has 4 rings (SSSR count). The highest BCUT2D eigenvalue weighted by Gasteiger charge is 2.27. The van der Waals surface area contributed by atoms with Crippen LogP contribution in [0.4, 0.5) is 9.59 Å². The molecule has 4 atom stereocenters. The number of nitrogens with zero attached hydrogens (tertiary/aromatic N) is 2. The quantitative estimate of drug-likeness (QED) is 0.0857. The average molecular weight is 1000 g/mol. The first-order valence-corrected chi connectivity index (χ1v) is 23.5. The molecule has 8 nitrogen and oxygen atoms in total. The number of rotatable bonds is 16. The first-order valence-electron chi connectivity index (χ1n) is 21.9. The summed E-state index contributed by atoms with van der Waals surface area (Å²) in [5, 5.41) is 22.6. The van der Waals surface area contributed by atoms with Crippen molar-refractivity contribution in [2.45, 2.75) is 131 Å². The third kappa shape index (κ3) is 17.0. The minimum absolute atomic E-state index is 0.00808. The summed E-state index contributed by atoms with van der Waals surface area (Å²) in [6.45, 7) is 23.5. The van der Waals surface area contributed by atoms with E-state index in [1.807, 2.05) is 217 Å². The van der Waals surface area contributed by atoms with Gasteiger partial charge in [0, 0.05) is 44.9 Å². The molecule has 4 aromatic rings. The Balaban J connectivity index is 0.000000340. The number of amides is 2. The van der Waals surface area contributed by atoms with E-state index in [1.165, 1.54) is 0 Å². The van der Waals surface area contributed by atoms with E-state index in [-0.39, 0.29) is 24.2 Å². The monoisotopic (exact) mass is 998 g/mol. The molecule has 4 aromatic carbocycles. The van der Waals surface area contributed by atoms with Gasteiger partial charge < -0.3 is 29.5 Å². The molecule has 64 heavy (non-hydrogen) atoms. The molecular formula is C54H68Br2N2O6. The van der Waals surface area contributed by atoms with Gasteiger partial charge in [-0.25, -0.2) is 9.59 Å². The van der Waals surface area contributed by atoms with Crippen molar-refractivity contribution in [3.63, 3.8) is 0 Å². The largest absolute Gasteiger partial charge is 0.415 e. The van der Waals surface area contributed by atoms with E-state index in [9.17, 15) is 19.8 Å². The summed E-state index contributed by atoms with van der Waals surface area (Å²) in [7, 11) is 0. The van der Waals surface area contributed by atoms with Crippen molar-refractivity contribution in [2.75, 3.05) is 0 Å². The molecule has 0 spiro atoms. The van der Waals surface area contributed by atoms with Crippen LogP contribution in [0.25, 0.3) is 0 Å². The van der Waals surface area contributed by atoms with Crippen molar-refractivity contribution in [1.29, 1.82) is 0 Å². The van der Waals surface area contributed by atoms with Gasteiger partial charge in [-0.15, -0.1) is 0 Å². The minimum atomic E-state index is -0.809. The zero-order valence-electron chi connectivity index (χ0n) is 39.5. The van der Waals surface area contributed by atoms with E-state index in [1.54, 1.807) is 9.80 Å². The SMILES string of the molecule is CC(C)=C/C(=C/[C@H](c1ccccc1)[C@H](O)c1ccc(Br)cc1)OC(=O)N(C(C)C)C(C)C.CC(C)=C/C(=C/[C@H](c1ccccc1)[C@H](O)c1ccc(Br)cc1)OC(=O)N(C(C)C)C(C)C. The van der Waals surface area contributed by atoms with Crippen molar-refractivity contribution in [1.82, 2.24) is 9.80 Å². The fourth-order valence-electron chi connectivity index (χ4n) is 7.31. The number of halogens is 2. The first-order chi connectivity index (χ1) is 30.2. The molecule has 0 fully saturated rings. The van der Waals surface area contributed by atoms with Gasteiger partial charge in [0.1, 0.15) is 11.5 Å². The number of benzene rings is 4. The number of carbonyl (C=O) groups is 2. The molecule has 10 heteroatoms. The summed E-state index contributed by atoms with van der Waals surface area (Å²) < 4.78 is 13.6. The molecule has 2 amide bonds. The summed E-state index contributed by atoms with van der Waals surface area (Å²) in [5.41, 5.74) is 5.43. The van der Waals surface area contributed by atoms with Crippen molar-refractivity contribution in [2.24, 2.45) is 0 Å². The second kappa shape index (κ2) is 26.3. The van der Waals surface area contributed by atoms with Gasteiger partial charge in [0.05, 0.1) is 12.2 Å². The molecule has 0 bridgehead atoms. The van der Waals surface area contributed by atoms with Gasteiger partial charge >= 0.3 is 12.2 Å². The van der Waals surface area contributed by atoms with Crippen LogP contribution in [0, 0.1) is 0 Å². The maximum Gasteiger partial charge on any atom is 0.415 e. The summed E-state index contributed by atoms with van der Waals surface area (Å²) in [5.74, 6) is 0.0438. The normalized spacial score (nSPS) is 13.6. The lowest BCUT2D eigenvalue weighted by Crippen LogP contribution is -2.42. The van der Waals surface area contributed by atoms with Crippen LogP contribution < -0.4 is 0 Å². The highest BCUT2D eigenvalue weighted by molar-refractivity contribution is 9.10. The van der Waals surface area contributed by atoms with Crippen molar-refractivity contribution in [3.05, 3.63) is 187 Å². The van der Waals surface area contributed by atoms with E-state index < -0.39 is 36.2 Å². The number of aliphatic hydroxyl groups is 2. The van der Waals surface area contributed by atoms with Crippen LogP contribution in [0.1, 0.15) is 129 Å². The van der Waals surface area contributed by atoms with E-state index in [0.717, 1.165) is 42.3 Å². The molecule has 2 N–H and O–H groups in total. The molecule has 0 saturated heterocycles. The number of hydrogen-bond donors (Lipinski definition) is 2. The fourth-order valence-corrected chi connectivity index (χ4v) is 7.84. The lowest BCUT2D eigenvalue weighted by atomic mass is 9.88. The summed E-state index contributed by atoms with van der Waals surface area (Å²) in [4.78, 5) is 29.4. The molecule has 0 aromatic heterocycles. The molecule has 0 saturated carbocycles. The topological polar surface area (TPSA) is 99.5 Å². The van der Waals surface area contributed by atoms with Crippen molar-refractivity contribution >= 4 is 44.0 Å². The predicted molar refractivity (Wildman–Crippen MR) is 269 cm³/mol. The Hall–Kier alpha value is -4.74. The zero-order valence-corrected chi connectivity index (χ0v) is 42.7. The van der Waals surface area contributed by atoms with Crippen LogP contribution >= 0.6 is 31.9 Å². The van der Waals surface area contributed by atoms with E-state index in [0.29, 0.717) is 11.5 Å². The number of allylic oxidation sites excluding steroid dienone is 4. The molecule has 0 heterocycles. The first kappa shape index (κ1) is 53.6. The maximum atomic E-state index is 13.0. The molecule has 0 radical (unpaired) electrons. The van der Waals surface area contributed by atoms with Crippen LogP contribution in [0.2, 0.25) is 0 Å². The summed E-state index contributed by atoms with van der Waals surface area (Å²) in [6, 6.07) is 34.8. The molecule has 0 aliphatic carbocycles. The van der Waals surface area contributed by atoms with Crippen LogP contribution in [-0.2, 0) is 9.47 Å². The molecule has 0 unspecified atom stereocenters. The molecule has 344 valence electrons. The smallest absolute Gasteiger partial charge is 0.411 e. The standard InChI is InChI=1S/2C27H34BrNO3/c2*1-18(2)16-24(32-27(31)29(19(3)4)20(5)6)17-25(21-10-8-7-9-11-21)26(30)22-12-14-23(28)15-13-22/h2*7-17,19-20,25-26,30H,1-6H3/b2*24-17-/t2*25-,26-/m11/s1. The third-order valence-electron chi connectivity index (χ3n) is 10.1. The van der Waals surface area contributed by atoms with Crippen LogP contribution in [0.15, 0.2) is 165 Å². The molecule has 0 aliphatic heterocycles. The fraction of sp³-hybridized carbons (Fsp3) is 0.370. The lowest BCUT2D eigenvalue weighted by Gasteiger charge is -2.30. The lowest BCUT2D eigenvalue weighted by molar-refractivity contribution is 0.101. The Morgan fingerprint density at radius 1 is 0.469 bits per heavy atom. The Bertz CT molecular complexity index is 2000. The molecular weight excluding hydrogens is 932 g/mol. The minimum Gasteiger partial charge on any atom is -0.411 e. The van der Waals surface area contributed by atoms with Gasteiger partial charge in [-0.1, -0.05) is 128 Å². The summed E-state index contributed by atoms with van der Waals surface area (Å²) >= 11 is 6.89. The van der Waals surface area contributed by atoms with E-state index >= 15 is 0 Å². The summed E-state index contributed by atoms with van der Waals surface area (Å²) in [6.07, 6.45) is 4.93. The molecule has 0 aliphatic rings. The average Bonchev–Trinajstić information content (AvgIpc) is 3.21. The number of hydrogen-bond acceptors (Lipinski definition) is 6. The Labute approximate surface area is 399 Å². The third-order valence-corrected chi connectivity index (χ3v) is 11.1. The second-order valence-electron chi connectivity index (χ2n) is 17.4.